The minimum absolute atomic E-state index is 0.127. The zero-order valence-corrected chi connectivity index (χ0v) is 9.26. The molecule has 3 atom stereocenters. The third-order valence-corrected chi connectivity index (χ3v) is 3.65. The Hall–Kier alpha value is -0.530. The number of carbonyl (C=O) groups is 1. The fourth-order valence-corrected chi connectivity index (χ4v) is 2.29. The average Bonchev–Trinajstić information content (AvgIpc) is 2.13. The molecule has 0 N–H and O–H groups in total. The molecule has 0 aromatic carbocycles. The number of esters is 1. The SMILES string of the molecule is CC(=O)O[C@@H]1CC(C)(C)[C@@H](C)[C@H]1C. The van der Waals surface area contributed by atoms with Crippen molar-refractivity contribution in [2.24, 2.45) is 17.3 Å². The maximum atomic E-state index is 10.8. The third kappa shape index (κ3) is 2.04. The standard InChI is InChI=1S/C11H20O2/c1-7-8(2)11(4,5)6-10(7)13-9(3)12/h7-8,10H,6H2,1-5H3/t7-,8+,10-/m1/s1. The zero-order valence-electron chi connectivity index (χ0n) is 9.26. The highest BCUT2D eigenvalue weighted by Crippen LogP contribution is 2.47. The quantitative estimate of drug-likeness (QED) is 0.585. The van der Waals surface area contributed by atoms with E-state index in [1.165, 1.54) is 6.92 Å². The topological polar surface area (TPSA) is 26.3 Å². The lowest BCUT2D eigenvalue weighted by molar-refractivity contribution is -0.148. The van der Waals surface area contributed by atoms with E-state index in [0.29, 0.717) is 17.3 Å². The van der Waals surface area contributed by atoms with Crippen LogP contribution < -0.4 is 0 Å². The summed E-state index contributed by atoms with van der Waals surface area (Å²) in [5.41, 5.74) is 0.305. The van der Waals surface area contributed by atoms with Gasteiger partial charge in [0.1, 0.15) is 6.10 Å². The van der Waals surface area contributed by atoms with Crippen LogP contribution in [0.4, 0.5) is 0 Å². The van der Waals surface area contributed by atoms with Crippen molar-refractivity contribution in [2.75, 3.05) is 0 Å². The molecule has 0 bridgehead atoms. The Morgan fingerprint density at radius 1 is 1.38 bits per heavy atom. The molecule has 0 amide bonds. The number of ether oxygens (including phenoxy) is 1. The Balaban J connectivity index is 2.66. The highest BCUT2D eigenvalue weighted by Gasteiger charge is 2.44. The fourth-order valence-electron chi connectivity index (χ4n) is 2.29. The molecule has 2 heteroatoms. The molecule has 1 aliphatic rings. The maximum absolute atomic E-state index is 10.8. The van der Waals surface area contributed by atoms with E-state index >= 15 is 0 Å². The van der Waals surface area contributed by atoms with Crippen molar-refractivity contribution in [2.45, 2.75) is 47.1 Å². The third-order valence-electron chi connectivity index (χ3n) is 3.65. The average molecular weight is 184 g/mol. The lowest BCUT2D eigenvalue weighted by atomic mass is 9.81. The summed E-state index contributed by atoms with van der Waals surface area (Å²) in [5.74, 6) is 0.956. The first kappa shape index (κ1) is 10.6. The zero-order chi connectivity index (χ0) is 10.2. The Morgan fingerprint density at radius 2 is 1.92 bits per heavy atom. The van der Waals surface area contributed by atoms with E-state index in [9.17, 15) is 4.79 Å². The van der Waals surface area contributed by atoms with E-state index in [-0.39, 0.29) is 12.1 Å². The van der Waals surface area contributed by atoms with Crippen LogP contribution >= 0.6 is 0 Å². The van der Waals surface area contributed by atoms with Crippen molar-refractivity contribution in [1.29, 1.82) is 0 Å². The van der Waals surface area contributed by atoms with Gasteiger partial charge in [0.15, 0.2) is 0 Å². The molecular formula is C11H20O2. The minimum atomic E-state index is -0.151. The molecule has 1 rings (SSSR count). The molecule has 76 valence electrons. The Labute approximate surface area is 80.7 Å². The highest BCUT2D eigenvalue weighted by atomic mass is 16.5. The molecule has 0 unspecified atom stereocenters. The molecule has 0 heterocycles. The first-order valence-corrected chi connectivity index (χ1v) is 5.02. The van der Waals surface area contributed by atoms with Gasteiger partial charge in [0, 0.05) is 6.92 Å². The summed E-state index contributed by atoms with van der Waals surface area (Å²) in [4.78, 5) is 10.8. The van der Waals surface area contributed by atoms with Crippen LogP contribution in [0.25, 0.3) is 0 Å². The fraction of sp³-hybridized carbons (Fsp3) is 0.909. The van der Waals surface area contributed by atoms with Crippen LogP contribution in [0.1, 0.15) is 41.0 Å². The van der Waals surface area contributed by atoms with Gasteiger partial charge in [0.2, 0.25) is 0 Å². The van der Waals surface area contributed by atoms with Gasteiger partial charge in [-0.2, -0.15) is 0 Å². The number of hydrogen-bond donors (Lipinski definition) is 0. The Bertz CT molecular complexity index is 208. The second-order valence-electron chi connectivity index (χ2n) is 4.99. The Kier molecular flexibility index (Phi) is 2.69. The molecule has 0 aromatic rings. The molecule has 2 nitrogen and oxygen atoms in total. The number of hydrogen-bond acceptors (Lipinski definition) is 2. The second-order valence-corrected chi connectivity index (χ2v) is 4.99. The molecule has 1 aliphatic carbocycles. The Morgan fingerprint density at radius 3 is 2.23 bits per heavy atom. The van der Waals surface area contributed by atoms with Gasteiger partial charge in [0.05, 0.1) is 0 Å². The number of rotatable bonds is 1. The van der Waals surface area contributed by atoms with Crippen LogP contribution in [-0.4, -0.2) is 12.1 Å². The van der Waals surface area contributed by atoms with E-state index in [0.717, 1.165) is 6.42 Å². The summed E-state index contributed by atoms with van der Waals surface area (Å²) >= 11 is 0. The predicted molar refractivity (Wildman–Crippen MR) is 52.3 cm³/mol. The van der Waals surface area contributed by atoms with Crippen LogP contribution in [0.2, 0.25) is 0 Å². The van der Waals surface area contributed by atoms with Gasteiger partial charge in [-0.3, -0.25) is 4.79 Å². The van der Waals surface area contributed by atoms with Gasteiger partial charge in [-0.05, 0) is 23.7 Å². The summed E-state index contributed by atoms with van der Waals surface area (Å²) in [6.07, 6.45) is 1.12. The second kappa shape index (κ2) is 3.32. The van der Waals surface area contributed by atoms with Gasteiger partial charge in [-0.25, -0.2) is 0 Å². The molecule has 1 saturated carbocycles. The first-order chi connectivity index (χ1) is 5.84. The normalized spacial score (nSPS) is 37.5. The van der Waals surface area contributed by atoms with Crippen molar-refractivity contribution in [1.82, 2.24) is 0 Å². The molecule has 0 spiro atoms. The van der Waals surface area contributed by atoms with Crippen molar-refractivity contribution in [3.8, 4) is 0 Å². The largest absolute Gasteiger partial charge is 0.462 e. The minimum Gasteiger partial charge on any atom is -0.462 e. The van der Waals surface area contributed by atoms with Crippen LogP contribution in [0.15, 0.2) is 0 Å². The molecule has 1 fully saturated rings. The van der Waals surface area contributed by atoms with E-state index in [2.05, 4.69) is 27.7 Å². The lowest BCUT2D eigenvalue weighted by Gasteiger charge is -2.24. The van der Waals surface area contributed by atoms with Gasteiger partial charge in [-0.15, -0.1) is 0 Å². The summed E-state index contributed by atoms with van der Waals surface area (Å²) < 4.78 is 5.29. The van der Waals surface area contributed by atoms with Crippen molar-refractivity contribution >= 4 is 5.97 Å². The van der Waals surface area contributed by atoms with Crippen molar-refractivity contribution in [3.63, 3.8) is 0 Å². The molecule has 0 saturated heterocycles. The van der Waals surface area contributed by atoms with E-state index < -0.39 is 0 Å². The number of carbonyl (C=O) groups excluding carboxylic acids is 1. The monoisotopic (exact) mass is 184 g/mol. The van der Waals surface area contributed by atoms with E-state index in [1.807, 2.05) is 0 Å². The summed E-state index contributed by atoms with van der Waals surface area (Å²) in [6.45, 7) is 10.4. The molecule has 0 radical (unpaired) electrons. The van der Waals surface area contributed by atoms with E-state index in [4.69, 9.17) is 4.74 Å². The van der Waals surface area contributed by atoms with Crippen molar-refractivity contribution in [3.05, 3.63) is 0 Å². The van der Waals surface area contributed by atoms with Gasteiger partial charge in [-0.1, -0.05) is 27.7 Å². The molecule has 0 aromatic heterocycles. The van der Waals surface area contributed by atoms with Crippen LogP contribution in [0.5, 0.6) is 0 Å². The smallest absolute Gasteiger partial charge is 0.302 e. The van der Waals surface area contributed by atoms with Crippen molar-refractivity contribution < 1.29 is 9.53 Å². The van der Waals surface area contributed by atoms with Crippen LogP contribution in [-0.2, 0) is 9.53 Å². The van der Waals surface area contributed by atoms with Crippen LogP contribution in [0, 0.1) is 17.3 Å². The first-order valence-electron chi connectivity index (χ1n) is 5.02. The van der Waals surface area contributed by atoms with E-state index in [1.54, 1.807) is 0 Å². The molecule has 13 heavy (non-hydrogen) atoms. The summed E-state index contributed by atoms with van der Waals surface area (Å²) in [5, 5.41) is 0. The molecular weight excluding hydrogens is 164 g/mol. The highest BCUT2D eigenvalue weighted by molar-refractivity contribution is 5.66. The maximum Gasteiger partial charge on any atom is 0.302 e. The van der Waals surface area contributed by atoms with Gasteiger partial charge >= 0.3 is 5.97 Å². The predicted octanol–water partition coefficient (Wildman–Crippen LogP) is 2.62. The summed E-state index contributed by atoms with van der Waals surface area (Å²) in [6, 6.07) is 0. The van der Waals surface area contributed by atoms with Gasteiger partial charge < -0.3 is 4.74 Å². The van der Waals surface area contributed by atoms with Gasteiger partial charge in [0.25, 0.3) is 0 Å². The summed E-state index contributed by atoms with van der Waals surface area (Å²) in [7, 11) is 0. The lowest BCUT2D eigenvalue weighted by Crippen LogP contribution is -2.21. The molecule has 0 aliphatic heterocycles. The van der Waals surface area contributed by atoms with Crippen LogP contribution in [0.3, 0.4) is 0 Å².